The Balaban J connectivity index is 1.63. The van der Waals surface area contributed by atoms with Crippen LogP contribution in [0.15, 0.2) is 63.8 Å². The van der Waals surface area contributed by atoms with Crippen LogP contribution in [0.25, 0.3) is 22.0 Å². The van der Waals surface area contributed by atoms with Crippen LogP contribution in [-0.2, 0) is 0 Å². The highest BCUT2D eigenvalue weighted by Gasteiger charge is 2.18. The third-order valence-electron chi connectivity index (χ3n) is 4.05. The number of hydrogen-bond donors (Lipinski definition) is 2. The minimum absolute atomic E-state index is 0.0262. The molecule has 6 nitrogen and oxygen atoms in total. The molecule has 2 N–H and O–H groups in total. The summed E-state index contributed by atoms with van der Waals surface area (Å²) in [5.74, 6) is 0.132. The molecule has 4 aromatic rings. The zero-order chi connectivity index (χ0) is 17.4. The molecule has 0 radical (unpaired) electrons. The number of carbonyl (C=O) groups excluding carboxylic acids is 1. The maximum Gasteiger partial charge on any atom is 0.349 e. The molecule has 0 spiro atoms. The molecule has 6 heteroatoms. The number of fused-ring (bicyclic) bond motifs is 2. The summed E-state index contributed by atoms with van der Waals surface area (Å²) in [7, 11) is 0. The van der Waals surface area contributed by atoms with E-state index in [2.05, 4.69) is 15.3 Å². The number of nitrogens with one attached hydrogen (secondary N) is 2. The summed E-state index contributed by atoms with van der Waals surface area (Å²) in [4.78, 5) is 32.2. The van der Waals surface area contributed by atoms with Crippen molar-refractivity contribution in [2.24, 2.45) is 0 Å². The molecule has 4 rings (SSSR count). The fraction of sp³-hybridized carbons (Fsp3) is 0.105. The molecule has 2 heterocycles. The first kappa shape index (κ1) is 15.1. The molecule has 0 aliphatic rings. The van der Waals surface area contributed by atoms with Gasteiger partial charge in [0.2, 0.25) is 0 Å². The maximum atomic E-state index is 12.5. The molecule has 2 aromatic carbocycles. The topological polar surface area (TPSA) is 88.0 Å². The zero-order valence-corrected chi connectivity index (χ0v) is 13.4. The van der Waals surface area contributed by atoms with Crippen molar-refractivity contribution in [2.45, 2.75) is 13.0 Å². The van der Waals surface area contributed by atoms with E-state index in [1.807, 2.05) is 30.3 Å². The summed E-state index contributed by atoms with van der Waals surface area (Å²) in [6.07, 6.45) is 0. The lowest BCUT2D eigenvalue weighted by Crippen LogP contribution is -2.31. The first-order valence-corrected chi connectivity index (χ1v) is 7.90. The van der Waals surface area contributed by atoms with E-state index in [-0.39, 0.29) is 11.6 Å². The van der Waals surface area contributed by atoms with Gasteiger partial charge in [0.1, 0.15) is 17.0 Å². The number of benzene rings is 2. The fourth-order valence-corrected chi connectivity index (χ4v) is 2.74. The van der Waals surface area contributed by atoms with Crippen LogP contribution in [0.2, 0.25) is 0 Å². The van der Waals surface area contributed by atoms with Crippen molar-refractivity contribution in [1.29, 1.82) is 0 Å². The number of aromatic nitrogens is 2. The quantitative estimate of drug-likeness (QED) is 0.564. The highest BCUT2D eigenvalue weighted by atomic mass is 16.4. The molecule has 2 aromatic heterocycles. The highest BCUT2D eigenvalue weighted by molar-refractivity contribution is 5.96. The van der Waals surface area contributed by atoms with Gasteiger partial charge < -0.3 is 14.7 Å². The molecule has 0 saturated heterocycles. The Labute approximate surface area is 142 Å². The van der Waals surface area contributed by atoms with E-state index in [0.717, 1.165) is 11.0 Å². The summed E-state index contributed by atoms with van der Waals surface area (Å²) < 4.78 is 5.21. The summed E-state index contributed by atoms with van der Waals surface area (Å²) >= 11 is 0. The lowest BCUT2D eigenvalue weighted by Gasteiger charge is -2.11. The van der Waals surface area contributed by atoms with Gasteiger partial charge in [-0.3, -0.25) is 4.79 Å². The van der Waals surface area contributed by atoms with E-state index in [1.54, 1.807) is 31.2 Å². The Morgan fingerprint density at radius 1 is 1.16 bits per heavy atom. The van der Waals surface area contributed by atoms with Crippen LogP contribution in [0.3, 0.4) is 0 Å². The first-order chi connectivity index (χ1) is 12.1. The number of hydrogen-bond acceptors (Lipinski definition) is 4. The van der Waals surface area contributed by atoms with Crippen LogP contribution in [0.4, 0.5) is 0 Å². The summed E-state index contributed by atoms with van der Waals surface area (Å²) in [5.41, 5.74) is 1.48. The van der Waals surface area contributed by atoms with E-state index in [4.69, 9.17) is 4.42 Å². The minimum atomic E-state index is -0.659. The maximum absolute atomic E-state index is 12.5. The number of H-pyrrole nitrogens is 1. The van der Waals surface area contributed by atoms with Gasteiger partial charge in [-0.05, 0) is 31.2 Å². The molecule has 0 bridgehead atoms. The van der Waals surface area contributed by atoms with E-state index in [1.165, 1.54) is 0 Å². The Morgan fingerprint density at radius 2 is 1.92 bits per heavy atom. The summed E-state index contributed by atoms with van der Waals surface area (Å²) in [6.45, 7) is 1.80. The van der Waals surface area contributed by atoms with Crippen LogP contribution < -0.4 is 10.9 Å². The van der Waals surface area contributed by atoms with Crippen molar-refractivity contribution in [3.63, 3.8) is 0 Å². The van der Waals surface area contributed by atoms with Gasteiger partial charge in [0.25, 0.3) is 5.91 Å². The molecule has 124 valence electrons. The highest BCUT2D eigenvalue weighted by Crippen LogP contribution is 2.17. The third kappa shape index (κ3) is 2.78. The van der Waals surface area contributed by atoms with Crippen molar-refractivity contribution in [1.82, 2.24) is 15.3 Å². The summed E-state index contributed by atoms with van der Waals surface area (Å²) in [6, 6.07) is 15.8. The van der Waals surface area contributed by atoms with Gasteiger partial charge in [-0.25, -0.2) is 9.78 Å². The Morgan fingerprint density at radius 3 is 2.76 bits per heavy atom. The second-order valence-electron chi connectivity index (χ2n) is 5.82. The summed E-state index contributed by atoms with van der Waals surface area (Å²) in [5, 5.41) is 3.48. The van der Waals surface area contributed by atoms with Gasteiger partial charge in [-0.2, -0.15) is 0 Å². The van der Waals surface area contributed by atoms with Gasteiger partial charge >= 0.3 is 5.63 Å². The average molecular weight is 333 g/mol. The minimum Gasteiger partial charge on any atom is -0.422 e. The van der Waals surface area contributed by atoms with Crippen LogP contribution in [0.1, 0.15) is 29.1 Å². The van der Waals surface area contributed by atoms with Crippen molar-refractivity contribution in [3.8, 4) is 0 Å². The van der Waals surface area contributed by atoms with Gasteiger partial charge in [-0.15, -0.1) is 0 Å². The van der Waals surface area contributed by atoms with Gasteiger partial charge in [0, 0.05) is 5.39 Å². The average Bonchev–Trinajstić information content (AvgIpc) is 3.05. The van der Waals surface area contributed by atoms with E-state index >= 15 is 0 Å². The number of aromatic amines is 1. The van der Waals surface area contributed by atoms with E-state index in [0.29, 0.717) is 16.8 Å². The number of carbonyl (C=O) groups is 1. The second kappa shape index (κ2) is 5.90. The molecule has 0 aliphatic carbocycles. The van der Waals surface area contributed by atoms with E-state index < -0.39 is 11.5 Å². The predicted octanol–water partition coefficient (Wildman–Crippen LogP) is 3.16. The van der Waals surface area contributed by atoms with Gasteiger partial charge in [0.05, 0.1) is 17.1 Å². The van der Waals surface area contributed by atoms with Crippen molar-refractivity contribution >= 4 is 27.9 Å². The molecule has 1 atom stereocenters. The van der Waals surface area contributed by atoms with Crippen LogP contribution in [-0.4, -0.2) is 15.9 Å². The fourth-order valence-electron chi connectivity index (χ4n) is 2.74. The molecule has 0 aliphatic heterocycles. The van der Waals surface area contributed by atoms with Crippen LogP contribution in [0.5, 0.6) is 0 Å². The standard InChI is InChI=1S/C19H15N3O3/c1-11(17-21-14-7-3-4-8-15(14)22-17)20-18(23)13-10-12-6-2-5-9-16(12)25-19(13)24/h2-11H,1H3,(H,20,23)(H,21,22)/t11-/m0/s1. The number of amides is 1. The van der Waals surface area contributed by atoms with Crippen LogP contribution >= 0.6 is 0 Å². The number of para-hydroxylation sites is 3. The molecular weight excluding hydrogens is 318 g/mol. The molecule has 0 unspecified atom stereocenters. The van der Waals surface area contributed by atoms with Crippen LogP contribution in [0, 0.1) is 0 Å². The number of rotatable bonds is 3. The third-order valence-corrected chi connectivity index (χ3v) is 4.05. The number of imidazole rings is 1. The molecule has 25 heavy (non-hydrogen) atoms. The monoisotopic (exact) mass is 333 g/mol. The number of nitrogens with zero attached hydrogens (tertiary/aromatic N) is 1. The molecule has 0 saturated carbocycles. The van der Waals surface area contributed by atoms with Gasteiger partial charge in [-0.1, -0.05) is 30.3 Å². The predicted molar refractivity (Wildman–Crippen MR) is 94.5 cm³/mol. The van der Waals surface area contributed by atoms with Crippen molar-refractivity contribution < 1.29 is 9.21 Å². The molecule has 1 amide bonds. The largest absolute Gasteiger partial charge is 0.422 e. The Kier molecular flexibility index (Phi) is 3.57. The lowest BCUT2D eigenvalue weighted by atomic mass is 10.1. The Hall–Kier alpha value is -3.41. The van der Waals surface area contributed by atoms with Crippen molar-refractivity contribution in [3.05, 3.63) is 76.4 Å². The second-order valence-corrected chi connectivity index (χ2v) is 5.82. The lowest BCUT2D eigenvalue weighted by molar-refractivity contribution is 0.0935. The Bertz CT molecular complexity index is 1110. The SMILES string of the molecule is C[C@H](NC(=O)c1cc2ccccc2oc1=O)c1nc2ccccc2[nH]1. The zero-order valence-electron chi connectivity index (χ0n) is 13.4. The molecule has 0 fully saturated rings. The normalized spacial score (nSPS) is 12.4. The first-order valence-electron chi connectivity index (χ1n) is 7.90. The van der Waals surface area contributed by atoms with Crippen molar-refractivity contribution in [2.75, 3.05) is 0 Å². The van der Waals surface area contributed by atoms with E-state index in [9.17, 15) is 9.59 Å². The van der Waals surface area contributed by atoms with Gasteiger partial charge in [0.15, 0.2) is 0 Å². The molecular formula is C19H15N3O3. The smallest absolute Gasteiger partial charge is 0.349 e.